The maximum absolute atomic E-state index is 5.61. The average molecular weight is 247 g/mol. The molecule has 1 fully saturated rings. The fourth-order valence-corrected chi connectivity index (χ4v) is 2.93. The van der Waals surface area contributed by atoms with E-state index in [9.17, 15) is 0 Å². The van der Waals surface area contributed by atoms with Crippen molar-refractivity contribution in [1.82, 2.24) is 9.97 Å². The molecular formula is C14H21N3O. The molecule has 0 bridgehead atoms. The van der Waals surface area contributed by atoms with E-state index in [1.54, 1.807) is 0 Å². The molecule has 2 atom stereocenters. The van der Waals surface area contributed by atoms with Crippen LogP contribution in [-0.4, -0.2) is 28.7 Å². The van der Waals surface area contributed by atoms with E-state index in [2.05, 4.69) is 22.2 Å². The van der Waals surface area contributed by atoms with Gasteiger partial charge >= 0.3 is 0 Å². The standard InChI is InChI=1S/C14H21N3O/c1-9-12(7-8-18-9)17-14-11-5-3-4-6-13(11)15-10(2)16-14/h9,12H,3-8H2,1-2H3,(H,15,16,17). The minimum absolute atomic E-state index is 0.277. The van der Waals surface area contributed by atoms with Crippen molar-refractivity contribution < 1.29 is 4.74 Å². The lowest BCUT2D eigenvalue weighted by atomic mass is 9.96. The Bertz CT molecular complexity index is 447. The van der Waals surface area contributed by atoms with E-state index >= 15 is 0 Å². The van der Waals surface area contributed by atoms with Crippen LogP contribution in [0.4, 0.5) is 5.82 Å². The van der Waals surface area contributed by atoms with Crippen molar-refractivity contribution in [1.29, 1.82) is 0 Å². The number of aryl methyl sites for hydroxylation is 2. The fraction of sp³-hybridized carbons (Fsp3) is 0.714. The van der Waals surface area contributed by atoms with Gasteiger partial charge in [0, 0.05) is 17.9 Å². The fourth-order valence-electron chi connectivity index (χ4n) is 2.93. The third kappa shape index (κ3) is 2.21. The van der Waals surface area contributed by atoms with Gasteiger partial charge in [-0.3, -0.25) is 0 Å². The number of hydrogen-bond donors (Lipinski definition) is 1. The minimum atomic E-state index is 0.277. The van der Waals surface area contributed by atoms with Crippen LogP contribution in [0.25, 0.3) is 0 Å². The van der Waals surface area contributed by atoms with Crippen molar-refractivity contribution in [2.75, 3.05) is 11.9 Å². The molecule has 1 saturated heterocycles. The van der Waals surface area contributed by atoms with E-state index in [1.807, 2.05) is 6.92 Å². The highest BCUT2D eigenvalue weighted by Gasteiger charge is 2.26. The van der Waals surface area contributed by atoms with E-state index < -0.39 is 0 Å². The first-order chi connectivity index (χ1) is 8.74. The summed E-state index contributed by atoms with van der Waals surface area (Å²) in [6.07, 6.45) is 6.07. The smallest absolute Gasteiger partial charge is 0.133 e. The Kier molecular flexibility index (Phi) is 3.20. The van der Waals surface area contributed by atoms with Crippen LogP contribution < -0.4 is 5.32 Å². The van der Waals surface area contributed by atoms with E-state index in [1.165, 1.54) is 24.1 Å². The van der Waals surface area contributed by atoms with Crippen LogP contribution >= 0.6 is 0 Å². The Morgan fingerprint density at radius 3 is 2.83 bits per heavy atom. The quantitative estimate of drug-likeness (QED) is 0.870. The number of fused-ring (bicyclic) bond motifs is 1. The van der Waals surface area contributed by atoms with Gasteiger partial charge in [0.2, 0.25) is 0 Å². The van der Waals surface area contributed by atoms with Crippen LogP contribution in [0.3, 0.4) is 0 Å². The molecule has 3 rings (SSSR count). The third-order valence-corrected chi connectivity index (χ3v) is 3.99. The molecule has 0 aromatic carbocycles. The van der Waals surface area contributed by atoms with Crippen molar-refractivity contribution in [3.8, 4) is 0 Å². The number of aromatic nitrogens is 2. The summed E-state index contributed by atoms with van der Waals surface area (Å²) in [5.41, 5.74) is 2.59. The summed E-state index contributed by atoms with van der Waals surface area (Å²) in [4.78, 5) is 9.19. The zero-order valence-corrected chi connectivity index (χ0v) is 11.2. The molecule has 0 amide bonds. The van der Waals surface area contributed by atoms with Crippen molar-refractivity contribution in [3.05, 3.63) is 17.1 Å². The van der Waals surface area contributed by atoms with Gasteiger partial charge in [-0.1, -0.05) is 0 Å². The SMILES string of the molecule is Cc1nc2c(c(NC3CCOC3C)n1)CCCC2. The number of ether oxygens (including phenoxy) is 1. The molecule has 2 unspecified atom stereocenters. The monoisotopic (exact) mass is 247 g/mol. The largest absolute Gasteiger partial charge is 0.376 e. The van der Waals surface area contributed by atoms with Gasteiger partial charge < -0.3 is 10.1 Å². The number of rotatable bonds is 2. The van der Waals surface area contributed by atoms with Crippen molar-refractivity contribution in [2.45, 2.75) is 58.1 Å². The zero-order valence-electron chi connectivity index (χ0n) is 11.2. The van der Waals surface area contributed by atoms with Gasteiger partial charge in [-0.05, 0) is 46.0 Å². The van der Waals surface area contributed by atoms with Crippen molar-refractivity contribution in [2.24, 2.45) is 0 Å². The topological polar surface area (TPSA) is 47.0 Å². The lowest BCUT2D eigenvalue weighted by Gasteiger charge is -2.23. The Balaban J connectivity index is 1.88. The summed E-state index contributed by atoms with van der Waals surface area (Å²) in [7, 11) is 0. The van der Waals surface area contributed by atoms with E-state index in [-0.39, 0.29) is 6.10 Å². The molecule has 98 valence electrons. The first-order valence-electron chi connectivity index (χ1n) is 6.98. The molecule has 1 aliphatic carbocycles. The second-order valence-corrected chi connectivity index (χ2v) is 5.37. The number of nitrogens with zero attached hydrogens (tertiary/aromatic N) is 2. The molecule has 4 heteroatoms. The molecule has 18 heavy (non-hydrogen) atoms. The number of anilines is 1. The zero-order chi connectivity index (χ0) is 12.5. The molecule has 0 spiro atoms. The summed E-state index contributed by atoms with van der Waals surface area (Å²) in [6, 6.07) is 0.394. The van der Waals surface area contributed by atoms with Crippen LogP contribution in [0, 0.1) is 6.92 Å². The molecule has 2 aliphatic rings. The second kappa shape index (κ2) is 4.84. The molecule has 2 heterocycles. The lowest BCUT2D eigenvalue weighted by Crippen LogP contribution is -2.28. The van der Waals surface area contributed by atoms with Crippen LogP contribution in [0.1, 0.15) is 43.3 Å². The highest BCUT2D eigenvalue weighted by molar-refractivity contribution is 5.48. The highest BCUT2D eigenvalue weighted by Crippen LogP contribution is 2.27. The first kappa shape index (κ1) is 11.9. The second-order valence-electron chi connectivity index (χ2n) is 5.37. The van der Waals surface area contributed by atoms with Crippen molar-refractivity contribution in [3.63, 3.8) is 0 Å². The summed E-state index contributed by atoms with van der Waals surface area (Å²) >= 11 is 0. The summed E-state index contributed by atoms with van der Waals surface area (Å²) < 4.78 is 5.61. The van der Waals surface area contributed by atoms with Gasteiger partial charge in [-0.25, -0.2) is 9.97 Å². The normalized spacial score (nSPS) is 27.0. The van der Waals surface area contributed by atoms with Crippen molar-refractivity contribution >= 4 is 5.82 Å². The molecule has 1 N–H and O–H groups in total. The van der Waals surface area contributed by atoms with Crippen LogP contribution in [0.5, 0.6) is 0 Å². The van der Waals surface area contributed by atoms with Gasteiger partial charge in [0.25, 0.3) is 0 Å². The predicted molar refractivity (Wildman–Crippen MR) is 70.9 cm³/mol. The third-order valence-electron chi connectivity index (χ3n) is 3.99. The minimum Gasteiger partial charge on any atom is -0.376 e. The van der Waals surface area contributed by atoms with Gasteiger partial charge in [-0.15, -0.1) is 0 Å². The lowest BCUT2D eigenvalue weighted by molar-refractivity contribution is 0.121. The first-order valence-corrected chi connectivity index (χ1v) is 6.98. The molecule has 4 nitrogen and oxygen atoms in total. The number of hydrogen-bond acceptors (Lipinski definition) is 4. The van der Waals surface area contributed by atoms with Crippen LogP contribution in [0.15, 0.2) is 0 Å². The van der Waals surface area contributed by atoms with Gasteiger partial charge in [0.05, 0.1) is 12.1 Å². The molecule has 0 saturated carbocycles. The predicted octanol–water partition coefficient (Wildman–Crippen LogP) is 2.25. The van der Waals surface area contributed by atoms with Crippen LogP contribution in [-0.2, 0) is 17.6 Å². The maximum atomic E-state index is 5.61. The maximum Gasteiger partial charge on any atom is 0.133 e. The van der Waals surface area contributed by atoms with Gasteiger partial charge in [-0.2, -0.15) is 0 Å². The molecule has 1 aromatic rings. The van der Waals surface area contributed by atoms with Gasteiger partial charge in [0.1, 0.15) is 11.6 Å². The van der Waals surface area contributed by atoms with E-state index in [0.29, 0.717) is 6.04 Å². The molecular weight excluding hydrogens is 226 g/mol. The summed E-state index contributed by atoms with van der Waals surface area (Å²) in [5, 5.41) is 3.58. The Morgan fingerprint density at radius 2 is 2.06 bits per heavy atom. The molecule has 0 radical (unpaired) electrons. The van der Waals surface area contributed by atoms with Gasteiger partial charge in [0.15, 0.2) is 0 Å². The summed E-state index contributed by atoms with van der Waals surface area (Å²) in [6.45, 7) is 4.96. The average Bonchev–Trinajstić information content (AvgIpc) is 2.75. The Morgan fingerprint density at radius 1 is 1.22 bits per heavy atom. The van der Waals surface area contributed by atoms with E-state index in [4.69, 9.17) is 4.74 Å². The Labute approximate surface area is 108 Å². The van der Waals surface area contributed by atoms with Crippen LogP contribution in [0.2, 0.25) is 0 Å². The Hall–Kier alpha value is -1.16. The number of nitrogens with one attached hydrogen (secondary N) is 1. The highest BCUT2D eigenvalue weighted by atomic mass is 16.5. The summed E-state index contributed by atoms with van der Waals surface area (Å²) in [5.74, 6) is 1.93. The molecule has 1 aromatic heterocycles. The van der Waals surface area contributed by atoms with E-state index in [0.717, 1.165) is 37.5 Å². The molecule has 1 aliphatic heterocycles.